The van der Waals surface area contributed by atoms with Crippen LogP contribution in [0.5, 0.6) is 0 Å². The number of nitrogens with one attached hydrogen (secondary N) is 1. The first-order valence-electron chi connectivity index (χ1n) is 4.81. The van der Waals surface area contributed by atoms with E-state index in [9.17, 15) is 4.79 Å². The Morgan fingerprint density at radius 3 is 3.12 bits per heavy atom. The molecule has 1 aliphatic heterocycles. The van der Waals surface area contributed by atoms with Crippen LogP contribution in [0.4, 0.5) is 0 Å². The second kappa shape index (κ2) is 3.71. The van der Waals surface area contributed by atoms with Gasteiger partial charge in [-0.2, -0.15) is 11.8 Å². The number of aromatic nitrogens is 4. The van der Waals surface area contributed by atoms with Crippen molar-refractivity contribution >= 4 is 11.8 Å². The van der Waals surface area contributed by atoms with Crippen LogP contribution in [0.1, 0.15) is 11.3 Å². The molecule has 5 nitrogen and oxygen atoms in total. The number of fused-ring (bicyclic) bond motifs is 1. The zero-order chi connectivity index (χ0) is 11.0. The Bertz CT molecular complexity index is 581. The molecule has 0 fully saturated rings. The predicted octanol–water partition coefficient (Wildman–Crippen LogP) is 0.974. The number of aromatic amines is 1. The molecule has 3 rings (SSSR count). The van der Waals surface area contributed by atoms with Gasteiger partial charge in [0, 0.05) is 23.3 Å². The van der Waals surface area contributed by atoms with Crippen molar-refractivity contribution in [1.29, 1.82) is 0 Å². The maximum Gasteiger partial charge on any atom is 0.255 e. The summed E-state index contributed by atoms with van der Waals surface area (Å²) in [5.41, 5.74) is 2.26. The van der Waals surface area contributed by atoms with Crippen molar-refractivity contribution in [3.8, 4) is 11.5 Å². The van der Waals surface area contributed by atoms with Gasteiger partial charge < -0.3 is 4.98 Å². The Kier molecular flexibility index (Phi) is 2.21. The van der Waals surface area contributed by atoms with Gasteiger partial charge in [0.2, 0.25) is 0 Å². The van der Waals surface area contributed by atoms with Gasteiger partial charge in [0.25, 0.3) is 5.56 Å². The van der Waals surface area contributed by atoms with Crippen molar-refractivity contribution in [3.63, 3.8) is 0 Å². The third-order valence-corrected chi connectivity index (χ3v) is 3.38. The highest BCUT2D eigenvalue weighted by atomic mass is 32.2. The Labute approximate surface area is 95.4 Å². The topological polar surface area (TPSA) is 71.5 Å². The van der Waals surface area contributed by atoms with Crippen molar-refractivity contribution < 1.29 is 0 Å². The number of rotatable bonds is 1. The van der Waals surface area contributed by atoms with E-state index in [0.717, 1.165) is 22.8 Å². The fraction of sp³-hybridized carbons (Fsp3) is 0.200. The number of H-pyrrole nitrogens is 1. The molecule has 0 saturated heterocycles. The van der Waals surface area contributed by atoms with E-state index >= 15 is 0 Å². The van der Waals surface area contributed by atoms with Crippen molar-refractivity contribution in [2.45, 2.75) is 11.5 Å². The van der Waals surface area contributed by atoms with Crippen LogP contribution < -0.4 is 5.56 Å². The van der Waals surface area contributed by atoms with E-state index in [4.69, 9.17) is 0 Å². The van der Waals surface area contributed by atoms with Gasteiger partial charge in [0.15, 0.2) is 5.82 Å². The molecule has 16 heavy (non-hydrogen) atoms. The van der Waals surface area contributed by atoms with Gasteiger partial charge in [-0.05, 0) is 6.07 Å². The van der Waals surface area contributed by atoms with Crippen molar-refractivity contribution in [2.24, 2.45) is 0 Å². The van der Waals surface area contributed by atoms with E-state index in [-0.39, 0.29) is 5.56 Å². The standard InChI is InChI=1S/C10H8N4OS/c15-10-6-3-16-4-8(6)13-9(14-10)7-1-2-11-5-12-7/h1-2,5H,3-4H2,(H,13,14,15). The Morgan fingerprint density at radius 2 is 2.31 bits per heavy atom. The molecule has 0 spiro atoms. The van der Waals surface area contributed by atoms with Crippen LogP contribution in [-0.2, 0) is 11.5 Å². The first-order chi connectivity index (χ1) is 7.84. The minimum absolute atomic E-state index is 0.0522. The van der Waals surface area contributed by atoms with E-state index in [1.165, 1.54) is 6.33 Å². The molecule has 0 aromatic carbocycles. The van der Waals surface area contributed by atoms with Crippen LogP contribution >= 0.6 is 11.8 Å². The van der Waals surface area contributed by atoms with E-state index in [1.54, 1.807) is 24.0 Å². The van der Waals surface area contributed by atoms with Gasteiger partial charge in [-0.15, -0.1) is 0 Å². The molecule has 2 aromatic heterocycles. The molecule has 0 aliphatic carbocycles. The fourth-order valence-electron chi connectivity index (χ4n) is 1.61. The molecular formula is C10H8N4OS. The van der Waals surface area contributed by atoms with Crippen LogP contribution in [0.25, 0.3) is 11.5 Å². The third kappa shape index (κ3) is 1.51. The van der Waals surface area contributed by atoms with Crippen LogP contribution in [0.2, 0.25) is 0 Å². The van der Waals surface area contributed by atoms with Crippen LogP contribution in [0.15, 0.2) is 23.4 Å². The Morgan fingerprint density at radius 1 is 1.38 bits per heavy atom. The first kappa shape index (κ1) is 9.53. The summed E-state index contributed by atoms with van der Waals surface area (Å²) in [6.45, 7) is 0. The summed E-state index contributed by atoms with van der Waals surface area (Å²) in [6, 6.07) is 1.73. The molecule has 0 atom stereocenters. The van der Waals surface area contributed by atoms with Gasteiger partial charge >= 0.3 is 0 Å². The molecule has 0 radical (unpaired) electrons. The smallest absolute Gasteiger partial charge is 0.255 e. The lowest BCUT2D eigenvalue weighted by Gasteiger charge is -2.01. The molecule has 80 valence electrons. The lowest BCUT2D eigenvalue weighted by atomic mass is 10.2. The fourth-order valence-corrected chi connectivity index (χ4v) is 2.65. The molecule has 2 aromatic rings. The quantitative estimate of drug-likeness (QED) is 0.793. The lowest BCUT2D eigenvalue weighted by Crippen LogP contribution is -2.15. The average Bonchev–Trinajstić information content (AvgIpc) is 2.79. The highest BCUT2D eigenvalue weighted by molar-refractivity contribution is 7.98. The highest BCUT2D eigenvalue weighted by Gasteiger charge is 2.18. The van der Waals surface area contributed by atoms with E-state index in [2.05, 4.69) is 19.9 Å². The summed E-state index contributed by atoms with van der Waals surface area (Å²) in [5, 5.41) is 0. The number of hydrogen-bond acceptors (Lipinski definition) is 5. The summed E-state index contributed by atoms with van der Waals surface area (Å²) < 4.78 is 0. The predicted molar refractivity (Wildman–Crippen MR) is 60.9 cm³/mol. The largest absolute Gasteiger partial charge is 0.305 e. The summed E-state index contributed by atoms with van der Waals surface area (Å²) in [4.78, 5) is 26.8. The molecule has 6 heteroatoms. The molecule has 3 heterocycles. The summed E-state index contributed by atoms with van der Waals surface area (Å²) in [6.07, 6.45) is 3.07. The second-order valence-electron chi connectivity index (χ2n) is 3.43. The van der Waals surface area contributed by atoms with Crippen molar-refractivity contribution in [2.75, 3.05) is 0 Å². The maximum absolute atomic E-state index is 11.8. The Hall–Kier alpha value is -1.69. The van der Waals surface area contributed by atoms with E-state index in [1.807, 2.05) is 0 Å². The van der Waals surface area contributed by atoms with Crippen LogP contribution in [0, 0.1) is 0 Å². The molecule has 0 amide bonds. The first-order valence-corrected chi connectivity index (χ1v) is 5.96. The lowest BCUT2D eigenvalue weighted by molar-refractivity contribution is 1.01. The van der Waals surface area contributed by atoms with Gasteiger partial charge in [0.1, 0.15) is 12.0 Å². The Balaban J connectivity index is 2.17. The zero-order valence-corrected chi connectivity index (χ0v) is 9.12. The monoisotopic (exact) mass is 232 g/mol. The van der Waals surface area contributed by atoms with Crippen LogP contribution in [-0.4, -0.2) is 19.9 Å². The van der Waals surface area contributed by atoms with Gasteiger partial charge in [-0.3, -0.25) is 4.79 Å². The van der Waals surface area contributed by atoms with E-state index < -0.39 is 0 Å². The summed E-state index contributed by atoms with van der Waals surface area (Å²) >= 11 is 1.71. The molecule has 0 unspecified atom stereocenters. The molecule has 1 aliphatic rings. The van der Waals surface area contributed by atoms with Crippen LogP contribution in [0.3, 0.4) is 0 Å². The van der Waals surface area contributed by atoms with Gasteiger partial charge in [0.05, 0.1) is 5.69 Å². The summed E-state index contributed by atoms with van der Waals surface area (Å²) in [7, 11) is 0. The molecule has 0 saturated carbocycles. The van der Waals surface area contributed by atoms with E-state index in [0.29, 0.717) is 11.5 Å². The minimum atomic E-state index is -0.0522. The van der Waals surface area contributed by atoms with Gasteiger partial charge in [-0.1, -0.05) is 0 Å². The van der Waals surface area contributed by atoms with Gasteiger partial charge in [-0.25, -0.2) is 15.0 Å². The number of nitrogens with zero attached hydrogens (tertiary/aromatic N) is 3. The SMILES string of the molecule is O=c1[nH]c(-c2ccncn2)nc2c1CSC2. The number of thioether (sulfide) groups is 1. The second-order valence-corrected chi connectivity index (χ2v) is 4.41. The molecule has 0 bridgehead atoms. The summed E-state index contributed by atoms with van der Waals surface area (Å²) in [5.74, 6) is 2.08. The average molecular weight is 232 g/mol. The van der Waals surface area contributed by atoms with Crippen molar-refractivity contribution in [3.05, 3.63) is 40.2 Å². The third-order valence-electron chi connectivity index (χ3n) is 2.41. The maximum atomic E-state index is 11.8. The zero-order valence-electron chi connectivity index (χ0n) is 8.30. The highest BCUT2D eigenvalue weighted by Crippen LogP contribution is 2.26. The van der Waals surface area contributed by atoms with Crippen molar-refractivity contribution in [1.82, 2.24) is 19.9 Å². The minimum Gasteiger partial charge on any atom is -0.305 e. The normalized spacial score (nSPS) is 13.8. The molecular weight excluding hydrogens is 224 g/mol. The molecule has 1 N–H and O–H groups in total. The number of hydrogen-bond donors (Lipinski definition) is 1.